The molecule has 1 aromatic carbocycles. The van der Waals surface area contributed by atoms with Crippen molar-refractivity contribution >= 4 is 23.5 Å². The van der Waals surface area contributed by atoms with Crippen LogP contribution in [0.4, 0.5) is 4.79 Å². The van der Waals surface area contributed by atoms with Gasteiger partial charge >= 0.3 is 6.03 Å². The lowest BCUT2D eigenvalue weighted by atomic mass is 9.66. The molecule has 168 valence electrons. The van der Waals surface area contributed by atoms with Gasteiger partial charge in [0.15, 0.2) is 0 Å². The zero-order chi connectivity index (χ0) is 22.7. The lowest BCUT2D eigenvalue weighted by Gasteiger charge is -2.51. The fraction of sp³-hybridized carbons (Fsp3) is 0.652. The summed E-state index contributed by atoms with van der Waals surface area (Å²) in [4.78, 5) is 27.0. The van der Waals surface area contributed by atoms with Crippen molar-refractivity contribution < 1.29 is 14.7 Å². The van der Waals surface area contributed by atoms with Gasteiger partial charge in [-0.15, -0.1) is 0 Å². The summed E-state index contributed by atoms with van der Waals surface area (Å²) in [5.41, 5.74) is -0.772. The molecule has 2 rings (SSSR count). The first-order chi connectivity index (χ1) is 13.9. The van der Waals surface area contributed by atoms with Crippen LogP contribution in [0.1, 0.15) is 53.5 Å². The summed E-state index contributed by atoms with van der Waals surface area (Å²) in [5, 5.41) is 17.8. The van der Waals surface area contributed by atoms with Crippen LogP contribution in [0.25, 0.3) is 0 Å². The van der Waals surface area contributed by atoms with E-state index in [1.807, 2.05) is 53.7 Å². The third-order valence-electron chi connectivity index (χ3n) is 6.25. The fourth-order valence-corrected chi connectivity index (χ4v) is 4.08. The van der Waals surface area contributed by atoms with Crippen molar-refractivity contribution in [2.75, 3.05) is 19.6 Å². The average Bonchev–Trinajstić information content (AvgIpc) is 2.67. The number of nitrogens with one attached hydrogen (secondary N) is 2. The van der Waals surface area contributed by atoms with Gasteiger partial charge in [-0.2, -0.15) is 0 Å². The summed E-state index contributed by atoms with van der Waals surface area (Å²) in [5.74, 6) is -0.0229. The molecule has 0 radical (unpaired) electrons. The maximum Gasteiger partial charge on any atom is 0.315 e. The first-order valence-corrected chi connectivity index (χ1v) is 11.1. The van der Waals surface area contributed by atoms with E-state index < -0.39 is 11.0 Å². The Kier molecular flexibility index (Phi) is 7.80. The number of halogens is 1. The highest BCUT2D eigenvalue weighted by atomic mass is 35.5. The Labute approximate surface area is 185 Å². The minimum atomic E-state index is -1.04. The zero-order valence-corrected chi connectivity index (χ0v) is 19.7. The Balaban J connectivity index is 2.03. The van der Waals surface area contributed by atoms with E-state index in [9.17, 15) is 14.7 Å². The van der Waals surface area contributed by atoms with E-state index in [1.54, 1.807) is 17.0 Å². The van der Waals surface area contributed by atoms with E-state index in [0.29, 0.717) is 37.0 Å². The number of hydrogen-bond acceptors (Lipinski definition) is 3. The largest absolute Gasteiger partial charge is 0.384 e. The summed E-state index contributed by atoms with van der Waals surface area (Å²) in [6.45, 7) is 13.2. The summed E-state index contributed by atoms with van der Waals surface area (Å²) in [7, 11) is 0. The first-order valence-electron chi connectivity index (χ1n) is 10.7. The molecule has 1 saturated heterocycles. The quantitative estimate of drug-likeness (QED) is 0.633. The molecule has 1 aliphatic rings. The standard InChI is InChI=1S/C23H36ClN3O3/c1-15(2)13-25-21(29)26-17(4)16(3)20(28)27-12-11-23(30,22(5,6)14-27)18-7-9-19(24)10-8-18/h7-10,15-17,30H,11-14H2,1-6H3,(H2,25,26,29). The monoisotopic (exact) mass is 437 g/mol. The smallest absolute Gasteiger partial charge is 0.315 e. The van der Waals surface area contributed by atoms with Crippen molar-refractivity contribution in [3.05, 3.63) is 34.9 Å². The Bertz CT molecular complexity index is 751. The van der Waals surface area contributed by atoms with Gasteiger partial charge < -0.3 is 20.6 Å². The van der Waals surface area contributed by atoms with Crippen molar-refractivity contribution in [2.45, 2.75) is 59.6 Å². The van der Waals surface area contributed by atoms with Crippen LogP contribution < -0.4 is 10.6 Å². The van der Waals surface area contributed by atoms with Gasteiger partial charge in [0.25, 0.3) is 0 Å². The molecule has 0 bridgehead atoms. The number of carbonyl (C=O) groups is 2. The number of aliphatic hydroxyl groups is 1. The molecular formula is C23H36ClN3O3. The number of urea groups is 1. The number of amides is 3. The van der Waals surface area contributed by atoms with Crippen LogP contribution >= 0.6 is 11.6 Å². The molecule has 0 spiro atoms. The third-order valence-corrected chi connectivity index (χ3v) is 6.50. The summed E-state index contributed by atoms with van der Waals surface area (Å²) < 4.78 is 0. The molecule has 1 heterocycles. The van der Waals surface area contributed by atoms with Crippen LogP contribution in [0.3, 0.4) is 0 Å². The maximum atomic E-state index is 13.1. The van der Waals surface area contributed by atoms with Gasteiger partial charge in [0.2, 0.25) is 5.91 Å². The normalized spacial score (nSPS) is 23.0. The topological polar surface area (TPSA) is 81.7 Å². The Morgan fingerprint density at radius 2 is 1.77 bits per heavy atom. The Hall–Kier alpha value is -1.79. The minimum Gasteiger partial charge on any atom is -0.384 e. The van der Waals surface area contributed by atoms with Crippen molar-refractivity contribution in [3.63, 3.8) is 0 Å². The van der Waals surface area contributed by atoms with E-state index >= 15 is 0 Å². The van der Waals surface area contributed by atoms with Gasteiger partial charge in [-0.05, 0) is 37.0 Å². The highest BCUT2D eigenvalue weighted by Gasteiger charge is 2.50. The predicted octanol–water partition coefficient (Wildman–Crippen LogP) is 3.77. The zero-order valence-electron chi connectivity index (χ0n) is 19.0. The number of rotatable bonds is 6. The molecule has 3 atom stereocenters. The Morgan fingerprint density at radius 3 is 2.30 bits per heavy atom. The number of carbonyl (C=O) groups excluding carboxylic acids is 2. The van der Waals surface area contributed by atoms with Crippen molar-refractivity contribution in [2.24, 2.45) is 17.3 Å². The van der Waals surface area contributed by atoms with Gasteiger partial charge in [0, 0.05) is 36.1 Å². The second-order valence-electron chi connectivity index (χ2n) is 9.59. The molecule has 30 heavy (non-hydrogen) atoms. The lowest BCUT2D eigenvalue weighted by molar-refractivity contribution is -0.156. The number of benzene rings is 1. The lowest BCUT2D eigenvalue weighted by Crippen LogP contribution is -2.58. The van der Waals surface area contributed by atoms with E-state index in [2.05, 4.69) is 10.6 Å². The minimum absolute atomic E-state index is 0.0158. The van der Waals surface area contributed by atoms with E-state index in [4.69, 9.17) is 11.6 Å². The molecule has 0 saturated carbocycles. The molecule has 1 aliphatic heterocycles. The van der Waals surface area contributed by atoms with Crippen LogP contribution in [-0.2, 0) is 10.4 Å². The SMILES string of the molecule is CC(C)CNC(=O)NC(C)C(C)C(=O)N1CCC(O)(c2ccc(Cl)cc2)C(C)(C)C1. The van der Waals surface area contributed by atoms with E-state index in [0.717, 1.165) is 5.56 Å². The van der Waals surface area contributed by atoms with Crippen LogP contribution in [0.15, 0.2) is 24.3 Å². The van der Waals surface area contributed by atoms with Gasteiger partial charge in [-0.3, -0.25) is 4.79 Å². The van der Waals surface area contributed by atoms with Gasteiger partial charge in [-0.25, -0.2) is 4.79 Å². The van der Waals surface area contributed by atoms with Gasteiger partial charge in [0.1, 0.15) is 0 Å². The number of likely N-dealkylation sites (tertiary alicyclic amines) is 1. The maximum absolute atomic E-state index is 13.1. The number of nitrogens with zero attached hydrogens (tertiary/aromatic N) is 1. The summed E-state index contributed by atoms with van der Waals surface area (Å²) >= 11 is 6.00. The highest BCUT2D eigenvalue weighted by molar-refractivity contribution is 6.30. The van der Waals surface area contributed by atoms with Crippen LogP contribution in [0.5, 0.6) is 0 Å². The second-order valence-corrected chi connectivity index (χ2v) is 10.0. The molecule has 1 aromatic rings. The van der Waals surface area contributed by atoms with E-state index in [1.165, 1.54) is 0 Å². The van der Waals surface area contributed by atoms with Crippen LogP contribution in [0, 0.1) is 17.3 Å². The molecule has 0 aliphatic carbocycles. The highest BCUT2D eigenvalue weighted by Crippen LogP contribution is 2.46. The fourth-order valence-electron chi connectivity index (χ4n) is 3.95. The van der Waals surface area contributed by atoms with Crippen LogP contribution in [-0.4, -0.2) is 47.6 Å². The molecule has 3 N–H and O–H groups in total. The summed E-state index contributed by atoms with van der Waals surface area (Å²) in [6.07, 6.45) is 0.441. The molecule has 1 fully saturated rings. The molecular weight excluding hydrogens is 402 g/mol. The molecule has 7 heteroatoms. The number of hydrogen-bond donors (Lipinski definition) is 3. The van der Waals surface area contributed by atoms with Gasteiger partial charge in [-0.1, -0.05) is 58.4 Å². The van der Waals surface area contributed by atoms with Crippen molar-refractivity contribution in [1.82, 2.24) is 15.5 Å². The molecule has 0 aromatic heterocycles. The molecule has 6 nitrogen and oxygen atoms in total. The van der Waals surface area contributed by atoms with Crippen molar-refractivity contribution in [1.29, 1.82) is 0 Å². The number of piperidine rings is 1. The summed E-state index contributed by atoms with van der Waals surface area (Å²) in [6, 6.07) is 6.71. The molecule has 3 unspecified atom stereocenters. The first kappa shape index (κ1) is 24.5. The molecule has 3 amide bonds. The predicted molar refractivity (Wildman–Crippen MR) is 120 cm³/mol. The van der Waals surface area contributed by atoms with Crippen LogP contribution in [0.2, 0.25) is 5.02 Å². The van der Waals surface area contributed by atoms with Crippen molar-refractivity contribution in [3.8, 4) is 0 Å². The van der Waals surface area contributed by atoms with Gasteiger partial charge in [0.05, 0.1) is 11.5 Å². The van der Waals surface area contributed by atoms with E-state index in [-0.39, 0.29) is 23.9 Å². The average molecular weight is 438 g/mol. The Morgan fingerprint density at radius 1 is 1.17 bits per heavy atom. The second kappa shape index (κ2) is 9.56. The third kappa shape index (κ3) is 5.46.